The van der Waals surface area contributed by atoms with Crippen molar-refractivity contribution in [1.82, 2.24) is 9.88 Å². The number of hydrogen-bond donors (Lipinski definition) is 0. The van der Waals surface area contributed by atoms with Crippen molar-refractivity contribution in [2.75, 3.05) is 19.6 Å². The van der Waals surface area contributed by atoms with Gasteiger partial charge in [-0.25, -0.2) is 4.79 Å². The van der Waals surface area contributed by atoms with Crippen LogP contribution < -0.4 is 0 Å². The van der Waals surface area contributed by atoms with E-state index >= 15 is 0 Å². The summed E-state index contributed by atoms with van der Waals surface area (Å²) in [6.07, 6.45) is 4.84. The lowest BCUT2D eigenvalue weighted by atomic mass is 10.1. The molecule has 2 aromatic rings. The summed E-state index contributed by atoms with van der Waals surface area (Å²) in [5.41, 5.74) is 1.99. The van der Waals surface area contributed by atoms with Gasteiger partial charge in [-0.05, 0) is 51.1 Å². The number of carbonyl (C=O) groups excluding carboxylic acids is 1. The number of hydrogen-bond acceptors (Lipinski definition) is 6. The molecule has 1 saturated heterocycles. The number of ether oxygens (including phenoxy) is 1. The van der Waals surface area contributed by atoms with Crippen LogP contribution in [0.1, 0.15) is 47.0 Å². The van der Waals surface area contributed by atoms with Gasteiger partial charge in [0.25, 0.3) is 5.69 Å². The highest BCUT2D eigenvalue weighted by Crippen LogP contribution is 2.23. The van der Waals surface area contributed by atoms with E-state index in [4.69, 9.17) is 4.74 Å². The molecule has 0 spiro atoms. The SMILES string of the molecule is Cc1ccc([C@@H](CN2CCCCC2)OC(=O)c2ccc([N+](=O)[O-])cc2)cn1. The van der Waals surface area contributed by atoms with E-state index in [1.807, 2.05) is 19.1 Å². The summed E-state index contributed by atoms with van der Waals surface area (Å²) in [7, 11) is 0. The molecule has 1 aromatic carbocycles. The van der Waals surface area contributed by atoms with Crippen LogP contribution >= 0.6 is 0 Å². The van der Waals surface area contributed by atoms with Crippen LogP contribution in [0.4, 0.5) is 5.69 Å². The standard InChI is InChI=1S/C20H23N3O4/c1-15-5-6-17(13-21-15)19(14-22-11-3-2-4-12-22)27-20(24)16-7-9-18(10-8-16)23(25)26/h5-10,13,19H,2-4,11-12,14H2,1H3/t19-/m1/s1. The first-order valence-corrected chi connectivity index (χ1v) is 9.13. The number of rotatable bonds is 6. The van der Waals surface area contributed by atoms with Gasteiger partial charge in [-0.3, -0.25) is 20.0 Å². The molecule has 27 heavy (non-hydrogen) atoms. The molecular weight excluding hydrogens is 346 g/mol. The van der Waals surface area contributed by atoms with Gasteiger partial charge in [0.15, 0.2) is 0 Å². The number of non-ortho nitro benzene ring substituents is 1. The van der Waals surface area contributed by atoms with Gasteiger partial charge in [0.1, 0.15) is 6.10 Å². The normalized spacial score (nSPS) is 15.9. The highest BCUT2D eigenvalue weighted by molar-refractivity contribution is 5.89. The number of pyridine rings is 1. The zero-order chi connectivity index (χ0) is 19.2. The van der Waals surface area contributed by atoms with Crippen LogP contribution in [0, 0.1) is 17.0 Å². The fourth-order valence-electron chi connectivity index (χ4n) is 3.17. The van der Waals surface area contributed by atoms with E-state index in [1.54, 1.807) is 6.20 Å². The predicted octanol–water partition coefficient (Wildman–Crippen LogP) is 3.68. The number of benzene rings is 1. The lowest BCUT2D eigenvalue weighted by molar-refractivity contribution is -0.384. The van der Waals surface area contributed by atoms with Crippen LogP contribution in [0.5, 0.6) is 0 Å². The molecule has 1 aliphatic heterocycles. The summed E-state index contributed by atoms with van der Waals surface area (Å²) < 4.78 is 5.78. The van der Waals surface area contributed by atoms with Gasteiger partial charge >= 0.3 is 5.97 Å². The molecule has 3 rings (SSSR count). The highest BCUT2D eigenvalue weighted by Gasteiger charge is 2.23. The van der Waals surface area contributed by atoms with E-state index in [0.29, 0.717) is 12.1 Å². The first-order valence-electron chi connectivity index (χ1n) is 9.13. The fourth-order valence-corrected chi connectivity index (χ4v) is 3.17. The van der Waals surface area contributed by atoms with Gasteiger partial charge in [0.2, 0.25) is 0 Å². The Kier molecular flexibility index (Phi) is 6.13. The Morgan fingerprint density at radius 2 is 1.89 bits per heavy atom. The second-order valence-electron chi connectivity index (χ2n) is 6.79. The minimum atomic E-state index is -0.494. The third-order valence-corrected chi connectivity index (χ3v) is 4.74. The van der Waals surface area contributed by atoms with E-state index in [-0.39, 0.29) is 5.69 Å². The van der Waals surface area contributed by atoms with E-state index in [1.165, 1.54) is 30.7 Å². The lowest BCUT2D eigenvalue weighted by Crippen LogP contribution is -2.35. The van der Waals surface area contributed by atoms with Gasteiger partial charge in [0, 0.05) is 36.1 Å². The van der Waals surface area contributed by atoms with Crippen molar-refractivity contribution in [3.05, 3.63) is 69.5 Å². The van der Waals surface area contributed by atoms with Gasteiger partial charge in [-0.1, -0.05) is 12.5 Å². The number of nitro benzene ring substituents is 1. The van der Waals surface area contributed by atoms with Gasteiger partial charge in [-0.2, -0.15) is 0 Å². The molecule has 0 aliphatic carbocycles. The molecule has 2 heterocycles. The molecule has 0 unspecified atom stereocenters. The number of piperidine rings is 1. The third-order valence-electron chi connectivity index (χ3n) is 4.74. The number of nitro groups is 1. The number of nitrogens with zero attached hydrogens (tertiary/aromatic N) is 3. The van der Waals surface area contributed by atoms with Crippen molar-refractivity contribution in [3.8, 4) is 0 Å². The number of aromatic nitrogens is 1. The smallest absolute Gasteiger partial charge is 0.338 e. The predicted molar refractivity (Wildman–Crippen MR) is 101 cm³/mol. The summed E-state index contributed by atoms with van der Waals surface area (Å²) >= 11 is 0. The summed E-state index contributed by atoms with van der Waals surface area (Å²) in [6, 6.07) is 9.29. The Hall–Kier alpha value is -2.80. The van der Waals surface area contributed by atoms with Crippen LogP contribution in [-0.2, 0) is 4.74 Å². The monoisotopic (exact) mass is 369 g/mol. The number of carbonyl (C=O) groups is 1. The Balaban J connectivity index is 1.75. The maximum atomic E-state index is 12.6. The van der Waals surface area contributed by atoms with Gasteiger partial charge < -0.3 is 4.74 Å². The fraction of sp³-hybridized carbons (Fsp3) is 0.400. The van der Waals surface area contributed by atoms with Gasteiger partial charge in [0.05, 0.1) is 10.5 Å². The maximum absolute atomic E-state index is 12.6. The minimum absolute atomic E-state index is 0.0563. The molecule has 0 amide bonds. The maximum Gasteiger partial charge on any atom is 0.338 e. The Morgan fingerprint density at radius 1 is 1.19 bits per heavy atom. The molecule has 1 atom stereocenters. The van der Waals surface area contributed by atoms with Crippen molar-refractivity contribution >= 4 is 11.7 Å². The zero-order valence-corrected chi connectivity index (χ0v) is 15.3. The first kappa shape index (κ1) is 19.0. The van der Waals surface area contributed by atoms with Crippen molar-refractivity contribution in [1.29, 1.82) is 0 Å². The molecule has 0 saturated carbocycles. The Bertz CT molecular complexity index is 784. The third kappa shape index (κ3) is 5.10. The molecule has 0 radical (unpaired) electrons. The molecular formula is C20H23N3O4. The molecule has 142 valence electrons. The van der Waals surface area contributed by atoms with Crippen LogP contribution in [0.25, 0.3) is 0 Å². The van der Waals surface area contributed by atoms with Crippen LogP contribution in [0.2, 0.25) is 0 Å². The lowest BCUT2D eigenvalue weighted by Gasteiger charge is -2.30. The van der Waals surface area contributed by atoms with E-state index < -0.39 is 17.0 Å². The summed E-state index contributed by atoms with van der Waals surface area (Å²) in [4.78, 5) is 29.5. The molecule has 1 fully saturated rings. The first-order chi connectivity index (χ1) is 13.0. The van der Waals surface area contributed by atoms with Crippen molar-refractivity contribution in [2.24, 2.45) is 0 Å². The summed E-state index contributed by atoms with van der Waals surface area (Å²) in [5.74, 6) is -0.493. The Labute approximate surface area is 158 Å². The second-order valence-corrected chi connectivity index (χ2v) is 6.79. The largest absolute Gasteiger partial charge is 0.452 e. The van der Waals surface area contributed by atoms with Crippen LogP contribution in [0.15, 0.2) is 42.6 Å². The zero-order valence-electron chi connectivity index (χ0n) is 15.3. The van der Waals surface area contributed by atoms with E-state index in [0.717, 1.165) is 37.2 Å². The molecule has 7 nitrogen and oxygen atoms in total. The van der Waals surface area contributed by atoms with Crippen LogP contribution in [-0.4, -0.2) is 40.4 Å². The minimum Gasteiger partial charge on any atom is -0.452 e. The quantitative estimate of drug-likeness (QED) is 0.439. The van der Waals surface area contributed by atoms with Crippen molar-refractivity contribution < 1.29 is 14.5 Å². The summed E-state index contributed by atoms with van der Waals surface area (Å²) in [5, 5.41) is 10.8. The molecule has 0 bridgehead atoms. The molecule has 0 N–H and O–H groups in total. The van der Waals surface area contributed by atoms with Gasteiger partial charge in [-0.15, -0.1) is 0 Å². The number of likely N-dealkylation sites (tertiary alicyclic amines) is 1. The average molecular weight is 369 g/mol. The van der Waals surface area contributed by atoms with E-state index in [2.05, 4.69) is 9.88 Å². The molecule has 1 aliphatic rings. The van der Waals surface area contributed by atoms with Crippen molar-refractivity contribution in [2.45, 2.75) is 32.3 Å². The average Bonchev–Trinajstić information content (AvgIpc) is 2.69. The summed E-state index contributed by atoms with van der Waals surface area (Å²) in [6.45, 7) is 4.51. The topological polar surface area (TPSA) is 85.6 Å². The molecule has 7 heteroatoms. The number of aryl methyl sites for hydroxylation is 1. The number of esters is 1. The second kappa shape index (κ2) is 8.73. The molecule has 1 aromatic heterocycles. The van der Waals surface area contributed by atoms with Crippen molar-refractivity contribution in [3.63, 3.8) is 0 Å². The van der Waals surface area contributed by atoms with E-state index in [9.17, 15) is 14.9 Å². The Morgan fingerprint density at radius 3 is 2.48 bits per heavy atom. The van der Waals surface area contributed by atoms with Crippen LogP contribution in [0.3, 0.4) is 0 Å². The highest BCUT2D eigenvalue weighted by atomic mass is 16.6.